The van der Waals surface area contributed by atoms with Crippen LogP contribution in [0.4, 0.5) is 0 Å². The van der Waals surface area contributed by atoms with Crippen molar-refractivity contribution in [3.63, 3.8) is 0 Å². The van der Waals surface area contributed by atoms with Crippen LogP contribution in [0.5, 0.6) is 0 Å². The maximum Gasteiger partial charge on any atom is 0.324 e. The van der Waals surface area contributed by atoms with Gasteiger partial charge in [-0.05, 0) is 26.7 Å². The van der Waals surface area contributed by atoms with Crippen LogP contribution in [0.15, 0.2) is 0 Å². The molecule has 3 atom stereocenters. The summed E-state index contributed by atoms with van der Waals surface area (Å²) in [5.74, 6) is -0.486. The molecule has 116 valence electrons. The molecule has 0 bridgehead atoms. The molecular formula is C12H22N2O5S. The monoisotopic (exact) mass is 306 g/mol. The van der Waals surface area contributed by atoms with E-state index in [2.05, 4.69) is 0 Å². The fourth-order valence-electron chi connectivity index (χ4n) is 2.86. The van der Waals surface area contributed by atoms with E-state index < -0.39 is 22.2 Å². The van der Waals surface area contributed by atoms with E-state index in [1.807, 2.05) is 13.8 Å². The summed E-state index contributed by atoms with van der Waals surface area (Å²) in [5, 5.41) is 0. The van der Waals surface area contributed by atoms with Gasteiger partial charge in [0.1, 0.15) is 6.04 Å². The number of hydrogen-bond acceptors (Lipinski definition) is 5. The van der Waals surface area contributed by atoms with E-state index in [0.29, 0.717) is 32.5 Å². The van der Waals surface area contributed by atoms with E-state index in [-0.39, 0.29) is 12.2 Å². The minimum absolute atomic E-state index is 0.146. The van der Waals surface area contributed by atoms with Gasteiger partial charge in [-0.2, -0.15) is 17.0 Å². The Morgan fingerprint density at radius 1 is 1.25 bits per heavy atom. The van der Waals surface area contributed by atoms with Crippen LogP contribution in [0.1, 0.15) is 26.7 Å². The highest BCUT2D eigenvalue weighted by molar-refractivity contribution is 7.86. The lowest BCUT2D eigenvalue weighted by molar-refractivity contribution is -0.144. The van der Waals surface area contributed by atoms with Gasteiger partial charge in [0.15, 0.2) is 0 Å². The second-order valence-corrected chi connectivity index (χ2v) is 7.26. The molecule has 3 unspecified atom stereocenters. The van der Waals surface area contributed by atoms with Crippen LogP contribution in [-0.2, 0) is 24.5 Å². The number of ether oxygens (including phenoxy) is 2. The molecule has 2 rings (SSSR count). The van der Waals surface area contributed by atoms with Gasteiger partial charge in [-0.3, -0.25) is 4.79 Å². The molecule has 0 saturated carbocycles. The van der Waals surface area contributed by atoms with Gasteiger partial charge in [-0.1, -0.05) is 0 Å². The van der Waals surface area contributed by atoms with Crippen molar-refractivity contribution in [3.8, 4) is 0 Å². The third-order valence-corrected chi connectivity index (χ3v) is 5.67. The van der Waals surface area contributed by atoms with Crippen molar-refractivity contribution in [3.05, 3.63) is 0 Å². The number of carbonyl (C=O) groups is 1. The normalized spacial score (nSPS) is 33.2. The first kappa shape index (κ1) is 15.7. The Morgan fingerprint density at radius 2 is 1.85 bits per heavy atom. The third kappa shape index (κ3) is 2.98. The summed E-state index contributed by atoms with van der Waals surface area (Å²) in [7, 11) is -2.36. The number of carbonyl (C=O) groups excluding carboxylic acids is 1. The first-order valence-corrected chi connectivity index (χ1v) is 8.26. The Labute approximate surface area is 120 Å². The second-order valence-electron chi connectivity index (χ2n) is 5.37. The molecule has 0 amide bonds. The Bertz CT molecular complexity index is 456. The van der Waals surface area contributed by atoms with Crippen LogP contribution in [-0.4, -0.2) is 68.0 Å². The highest BCUT2D eigenvalue weighted by Crippen LogP contribution is 2.26. The van der Waals surface area contributed by atoms with Gasteiger partial charge in [-0.25, -0.2) is 0 Å². The molecule has 2 fully saturated rings. The van der Waals surface area contributed by atoms with Crippen LogP contribution in [0.25, 0.3) is 0 Å². The zero-order valence-electron chi connectivity index (χ0n) is 12.1. The van der Waals surface area contributed by atoms with Crippen molar-refractivity contribution in [2.24, 2.45) is 0 Å². The molecule has 2 heterocycles. The number of hydrogen-bond donors (Lipinski definition) is 0. The first-order chi connectivity index (χ1) is 9.36. The largest absolute Gasteiger partial charge is 0.468 e. The molecule has 20 heavy (non-hydrogen) atoms. The van der Waals surface area contributed by atoms with E-state index in [1.165, 1.54) is 15.7 Å². The second kappa shape index (κ2) is 5.97. The predicted octanol–water partition coefficient (Wildman–Crippen LogP) is -0.0222. The van der Waals surface area contributed by atoms with Gasteiger partial charge >= 0.3 is 5.97 Å². The lowest BCUT2D eigenvalue weighted by Crippen LogP contribution is -2.55. The highest BCUT2D eigenvalue weighted by atomic mass is 32.2. The summed E-state index contributed by atoms with van der Waals surface area (Å²) in [5.41, 5.74) is 0. The summed E-state index contributed by atoms with van der Waals surface area (Å²) in [4.78, 5) is 11.7. The number of rotatable bonds is 3. The van der Waals surface area contributed by atoms with Gasteiger partial charge in [0.25, 0.3) is 10.2 Å². The molecule has 2 aliphatic rings. The maximum atomic E-state index is 12.7. The quantitative estimate of drug-likeness (QED) is 0.685. The van der Waals surface area contributed by atoms with E-state index in [4.69, 9.17) is 9.47 Å². The molecule has 0 N–H and O–H groups in total. The minimum Gasteiger partial charge on any atom is -0.468 e. The van der Waals surface area contributed by atoms with Gasteiger partial charge in [0.2, 0.25) is 0 Å². The van der Waals surface area contributed by atoms with Crippen molar-refractivity contribution in [2.45, 2.75) is 44.9 Å². The first-order valence-electron chi connectivity index (χ1n) is 6.86. The van der Waals surface area contributed by atoms with Crippen molar-refractivity contribution in [2.75, 3.05) is 26.7 Å². The van der Waals surface area contributed by atoms with Gasteiger partial charge in [-0.15, -0.1) is 0 Å². The Morgan fingerprint density at radius 3 is 2.40 bits per heavy atom. The molecule has 7 nitrogen and oxygen atoms in total. The molecule has 2 saturated heterocycles. The molecule has 0 radical (unpaired) electrons. The van der Waals surface area contributed by atoms with Crippen molar-refractivity contribution >= 4 is 16.2 Å². The number of nitrogens with zero attached hydrogens (tertiary/aromatic N) is 2. The Balaban J connectivity index is 2.19. The molecule has 8 heteroatoms. The maximum absolute atomic E-state index is 12.7. The molecule has 2 aliphatic heterocycles. The summed E-state index contributed by atoms with van der Waals surface area (Å²) in [6.45, 7) is 4.69. The van der Waals surface area contributed by atoms with Crippen LogP contribution in [0, 0.1) is 0 Å². The topological polar surface area (TPSA) is 76.2 Å². The SMILES string of the molecule is COC(=O)C1CCCN1S(=O)(=O)N1CC(C)OC(C)C1. The van der Waals surface area contributed by atoms with Crippen molar-refractivity contribution in [1.29, 1.82) is 0 Å². The fraction of sp³-hybridized carbons (Fsp3) is 0.917. The van der Waals surface area contributed by atoms with E-state index in [1.54, 1.807) is 0 Å². The summed E-state index contributed by atoms with van der Waals surface area (Å²) >= 11 is 0. The van der Waals surface area contributed by atoms with Crippen LogP contribution < -0.4 is 0 Å². The zero-order chi connectivity index (χ0) is 14.9. The van der Waals surface area contributed by atoms with Crippen molar-refractivity contribution in [1.82, 2.24) is 8.61 Å². The summed E-state index contributed by atoms with van der Waals surface area (Å²) in [6, 6.07) is -0.696. The Kier molecular flexibility index (Phi) is 4.68. The molecular weight excluding hydrogens is 284 g/mol. The lowest BCUT2D eigenvalue weighted by Gasteiger charge is -2.37. The number of methoxy groups -OCH3 is 1. The van der Waals surface area contributed by atoms with Crippen LogP contribution >= 0.6 is 0 Å². The highest BCUT2D eigenvalue weighted by Gasteiger charge is 2.43. The third-order valence-electron chi connectivity index (χ3n) is 3.69. The molecule has 0 aromatic carbocycles. The van der Waals surface area contributed by atoms with E-state index in [9.17, 15) is 13.2 Å². The lowest BCUT2D eigenvalue weighted by atomic mass is 10.2. The number of morpholine rings is 1. The smallest absolute Gasteiger partial charge is 0.324 e. The summed E-state index contributed by atoms with van der Waals surface area (Å²) in [6.07, 6.45) is 0.899. The predicted molar refractivity (Wildman–Crippen MR) is 72.2 cm³/mol. The molecule has 0 aliphatic carbocycles. The van der Waals surface area contributed by atoms with Crippen molar-refractivity contribution < 1.29 is 22.7 Å². The summed E-state index contributed by atoms with van der Waals surface area (Å²) < 4.78 is 38.3. The van der Waals surface area contributed by atoms with E-state index >= 15 is 0 Å². The van der Waals surface area contributed by atoms with E-state index in [0.717, 1.165) is 0 Å². The molecule has 0 spiro atoms. The Hall–Kier alpha value is -0.700. The minimum atomic E-state index is -3.65. The van der Waals surface area contributed by atoms with Gasteiger partial charge < -0.3 is 9.47 Å². The average molecular weight is 306 g/mol. The van der Waals surface area contributed by atoms with Crippen LogP contribution in [0.3, 0.4) is 0 Å². The zero-order valence-corrected chi connectivity index (χ0v) is 12.9. The fourth-order valence-corrected chi connectivity index (χ4v) is 4.82. The molecule has 0 aromatic heterocycles. The average Bonchev–Trinajstić information content (AvgIpc) is 2.86. The van der Waals surface area contributed by atoms with Gasteiger partial charge in [0.05, 0.1) is 19.3 Å². The molecule has 0 aromatic rings. The number of esters is 1. The standard InChI is InChI=1S/C12H22N2O5S/c1-9-7-13(8-10(2)19-9)20(16,17)14-6-4-5-11(14)12(15)18-3/h9-11H,4-8H2,1-3H3. The van der Waals surface area contributed by atoms with Gasteiger partial charge in [0, 0.05) is 19.6 Å². The van der Waals surface area contributed by atoms with Crippen LogP contribution in [0.2, 0.25) is 0 Å².